The Morgan fingerprint density at radius 2 is 2.16 bits per heavy atom. The van der Waals surface area contributed by atoms with E-state index in [9.17, 15) is 0 Å². The van der Waals surface area contributed by atoms with Gasteiger partial charge < -0.3 is 5.73 Å². The molecule has 0 aliphatic heterocycles. The number of imidazole rings is 1. The molecule has 0 aromatic carbocycles. The number of aromatic nitrogens is 5. The van der Waals surface area contributed by atoms with Crippen LogP contribution in [0, 0.1) is 6.92 Å². The van der Waals surface area contributed by atoms with Gasteiger partial charge in [0.1, 0.15) is 5.52 Å². The van der Waals surface area contributed by atoms with Crippen LogP contribution in [-0.4, -0.2) is 24.3 Å². The maximum absolute atomic E-state index is 5.91. The summed E-state index contributed by atoms with van der Waals surface area (Å²) < 4.78 is 3.74. The van der Waals surface area contributed by atoms with Crippen molar-refractivity contribution in [2.45, 2.75) is 20.0 Å². The van der Waals surface area contributed by atoms with Gasteiger partial charge in [-0.05, 0) is 18.6 Å². The number of fused-ring (bicyclic) bond motifs is 1. The molecule has 0 bridgehead atoms. The van der Waals surface area contributed by atoms with E-state index in [1.807, 2.05) is 28.6 Å². The predicted molar refractivity (Wildman–Crippen MR) is 73.9 cm³/mol. The largest absolute Gasteiger partial charge is 0.369 e. The van der Waals surface area contributed by atoms with E-state index in [1.54, 1.807) is 12.3 Å². The van der Waals surface area contributed by atoms with Gasteiger partial charge in [-0.25, -0.2) is 9.97 Å². The van der Waals surface area contributed by atoms with Crippen molar-refractivity contribution < 1.29 is 0 Å². The summed E-state index contributed by atoms with van der Waals surface area (Å²) in [6, 6.07) is 1.76. The van der Waals surface area contributed by atoms with Crippen LogP contribution in [0.5, 0.6) is 0 Å². The molecule has 19 heavy (non-hydrogen) atoms. The Hall–Kier alpha value is -2.08. The Morgan fingerprint density at radius 3 is 2.89 bits per heavy atom. The van der Waals surface area contributed by atoms with Crippen molar-refractivity contribution in [3.8, 4) is 0 Å². The van der Waals surface area contributed by atoms with E-state index in [0.29, 0.717) is 29.6 Å². The van der Waals surface area contributed by atoms with Crippen molar-refractivity contribution in [2.75, 3.05) is 5.73 Å². The van der Waals surface area contributed by atoms with Crippen molar-refractivity contribution in [2.24, 2.45) is 0 Å². The number of anilines is 1. The molecule has 0 saturated heterocycles. The first-order valence-electron chi connectivity index (χ1n) is 5.90. The minimum Gasteiger partial charge on any atom is -0.369 e. The molecule has 0 aliphatic carbocycles. The van der Waals surface area contributed by atoms with E-state index in [0.717, 1.165) is 11.2 Å². The van der Waals surface area contributed by atoms with Gasteiger partial charge in [0.25, 0.3) is 0 Å². The molecule has 0 radical (unpaired) electrons. The van der Waals surface area contributed by atoms with Gasteiger partial charge in [-0.3, -0.25) is 9.25 Å². The number of nitrogens with zero attached hydrogens (tertiary/aromatic N) is 5. The molecule has 3 aromatic rings. The highest BCUT2D eigenvalue weighted by Crippen LogP contribution is 2.19. The standard InChI is InChI=1S/C12H13ClN6/c1-8-5-16-18(7-8)2-3-19-11-10(17-12(19)14)4-9(13)6-15-11/h4-7H,2-3H2,1H3,(H2,14,17). The van der Waals surface area contributed by atoms with Crippen LogP contribution in [-0.2, 0) is 13.1 Å². The molecular formula is C12H13ClN6. The van der Waals surface area contributed by atoms with Crippen LogP contribution in [0.4, 0.5) is 5.95 Å². The summed E-state index contributed by atoms with van der Waals surface area (Å²) in [5.41, 5.74) is 8.50. The number of nitrogens with two attached hydrogens (primary N) is 1. The Balaban J connectivity index is 1.90. The van der Waals surface area contributed by atoms with Gasteiger partial charge in [-0.2, -0.15) is 5.10 Å². The minimum absolute atomic E-state index is 0.439. The number of hydrogen-bond acceptors (Lipinski definition) is 4. The highest BCUT2D eigenvalue weighted by Gasteiger charge is 2.09. The summed E-state index contributed by atoms with van der Waals surface area (Å²) >= 11 is 5.89. The summed E-state index contributed by atoms with van der Waals surface area (Å²) in [5, 5.41) is 4.80. The van der Waals surface area contributed by atoms with Gasteiger partial charge in [0.15, 0.2) is 5.65 Å². The molecule has 0 atom stereocenters. The van der Waals surface area contributed by atoms with E-state index in [4.69, 9.17) is 17.3 Å². The lowest BCUT2D eigenvalue weighted by molar-refractivity contribution is 0.543. The summed E-state index contributed by atoms with van der Waals surface area (Å²) in [6.07, 6.45) is 5.41. The van der Waals surface area contributed by atoms with E-state index in [1.165, 1.54) is 0 Å². The van der Waals surface area contributed by atoms with Crippen molar-refractivity contribution >= 4 is 28.7 Å². The molecule has 7 heteroatoms. The molecule has 0 spiro atoms. The second-order valence-electron chi connectivity index (χ2n) is 4.40. The topological polar surface area (TPSA) is 74.5 Å². The third kappa shape index (κ3) is 2.26. The number of rotatable bonds is 3. The zero-order valence-electron chi connectivity index (χ0n) is 10.4. The Kier molecular flexibility index (Phi) is 2.87. The van der Waals surface area contributed by atoms with E-state index in [-0.39, 0.29) is 0 Å². The van der Waals surface area contributed by atoms with Crippen molar-refractivity contribution in [1.82, 2.24) is 24.3 Å². The molecule has 0 fully saturated rings. The fourth-order valence-corrected chi connectivity index (χ4v) is 2.17. The molecule has 98 valence electrons. The lowest BCUT2D eigenvalue weighted by Crippen LogP contribution is -2.10. The smallest absolute Gasteiger partial charge is 0.202 e. The molecular weight excluding hydrogens is 264 g/mol. The number of nitrogen functional groups attached to an aromatic ring is 1. The van der Waals surface area contributed by atoms with Crippen LogP contribution >= 0.6 is 11.6 Å². The Labute approximate surface area is 114 Å². The molecule has 0 aliphatic rings. The predicted octanol–water partition coefficient (Wildman–Crippen LogP) is 1.87. The highest BCUT2D eigenvalue weighted by molar-refractivity contribution is 6.31. The quantitative estimate of drug-likeness (QED) is 0.792. The fraction of sp³-hybridized carbons (Fsp3) is 0.250. The second-order valence-corrected chi connectivity index (χ2v) is 4.84. The lowest BCUT2D eigenvalue weighted by atomic mass is 10.4. The van der Waals surface area contributed by atoms with Crippen molar-refractivity contribution in [3.05, 3.63) is 35.2 Å². The van der Waals surface area contributed by atoms with Gasteiger partial charge in [0.05, 0.1) is 17.8 Å². The molecule has 3 rings (SSSR count). The normalized spacial score (nSPS) is 11.3. The van der Waals surface area contributed by atoms with E-state index < -0.39 is 0 Å². The van der Waals surface area contributed by atoms with Crippen LogP contribution in [0.1, 0.15) is 5.56 Å². The van der Waals surface area contributed by atoms with Gasteiger partial charge >= 0.3 is 0 Å². The average molecular weight is 277 g/mol. The Bertz CT molecular complexity index is 729. The maximum Gasteiger partial charge on any atom is 0.202 e. The number of halogens is 1. The summed E-state index contributed by atoms with van der Waals surface area (Å²) in [4.78, 5) is 8.53. The van der Waals surface area contributed by atoms with Crippen LogP contribution in [0.2, 0.25) is 5.02 Å². The van der Waals surface area contributed by atoms with Crippen LogP contribution in [0.15, 0.2) is 24.7 Å². The lowest BCUT2D eigenvalue weighted by Gasteiger charge is -2.05. The molecule has 3 heterocycles. The second kappa shape index (κ2) is 4.55. The maximum atomic E-state index is 5.91. The summed E-state index contributed by atoms with van der Waals surface area (Å²) in [7, 11) is 0. The monoisotopic (exact) mass is 276 g/mol. The van der Waals surface area contributed by atoms with Gasteiger partial charge in [0, 0.05) is 18.9 Å². The summed E-state index contributed by atoms with van der Waals surface area (Å²) in [6.45, 7) is 3.39. The van der Waals surface area contributed by atoms with E-state index in [2.05, 4.69) is 15.1 Å². The van der Waals surface area contributed by atoms with Crippen LogP contribution in [0.3, 0.4) is 0 Å². The Morgan fingerprint density at radius 1 is 1.32 bits per heavy atom. The zero-order chi connectivity index (χ0) is 13.4. The van der Waals surface area contributed by atoms with Gasteiger partial charge in [0.2, 0.25) is 5.95 Å². The fourth-order valence-electron chi connectivity index (χ4n) is 2.02. The third-order valence-electron chi connectivity index (χ3n) is 2.90. The number of aryl methyl sites for hydroxylation is 3. The van der Waals surface area contributed by atoms with Gasteiger partial charge in [-0.15, -0.1) is 0 Å². The first-order chi connectivity index (χ1) is 9.13. The first kappa shape index (κ1) is 12.0. The molecule has 0 saturated carbocycles. The average Bonchev–Trinajstić information content (AvgIpc) is 2.89. The third-order valence-corrected chi connectivity index (χ3v) is 3.10. The zero-order valence-corrected chi connectivity index (χ0v) is 11.2. The number of hydrogen-bond donors (Lipinski definition) is 1. The molecule has 2 N–H and O–H groups in total. The minimum atomic E-state index is 0.439. The van der Waals surface area contributed by atoms with Gasteiger partial charge in [-0.1, -0.05) is 11.6 Å². The highest BCUT2D eigenvalue weighted by atomic mass is 35.5. The first-order valence-corrected chi connectivity index (χ1v) is 6.27. The molecule has 0 unspecified atom stereocenters. The number of pyridine rings is 1. The van der Waals surface area contributed by atoms with Crippen LogP contribution in [0.25, 0.3) is 11.2 Å². The SMILES string of the molecule is Cc1cnn(CCn2c(N)nc3cc(Cl)cnc32)c1. The molecule has 0 amide bonds. The van der Waals surface area contributed by atoms with Crippen molar-refractivity contribution in [1.29, 1.82) is 0 Å². The molecule has 3 aromatic heterocycles. The van der Waals surface area contributed by atoms with Crippen LogP contribution < -0.4 is 5.73 Å². The van der Waals surface area contributed by atoms with Crippen molar-refractivity contribution in [3.63, 3.8) is 0 Å². The van der Waals surface area contributed by atoms with E-state index >= 15 is 0 Å². The summed E-state index contributed by atoms with van der Waals surface area (Å²) in [5.74, 6) is 0.439. The molecule has 6 nitrogen and oxygen atoms in total.